The molecule has 0 radical (unpaired) electrons. The molecule has 4 nitrogen and oxygen atoms in total. The van der Waals surface area contributed by atoms with Crippen molar-refractivity contribution in [2.24, 2.45) is 0 Å². The molecule has 0 bridgehead atoms. The van der Waals surface area contributed by atoms with Gasteiger partial charge in [-0.25, -0.2) is 0 Å². The highest BCUT2D eigenvalue weighted by molar-refractivity contribution is 7.12. The van der Waals surface area contributed by atoms with Gasteiger partial charge in [0.2, 0.25) is 0 Å². The lowest BCUT2D eigenvalue weighted by molar-refractivity contribution is 0.0942. The fourth-order valence-corrected chi connectivity index (χ4v) is 3.57. The average Bonchev–Trinajstić information content (AvgIpc) is 3.25. The standard InChI is InChI=1S/C19H22N2O2S/c1-11(2)20-18(22)14-6-7-16(12(3)10-14)21-19(23)17-15(8-9-24-17)13-4-5-13/h6-11,13H,4-5H2,1-3H3,(H,20,22)(H,21,23). The van der Waals surface area contributed by atoms with Crippen LogP contribution in [0.2, 0.25) is 0 Å². The second-order valence-electron chi connectivity index (χ2n) is 6.59. The van der Waals surface area contributed by atoms with Crippen LogP contribution in [0.3, 0.4) is 0 Å². The zero-order chi connectivity index (χ0) is 17.3. The van der Waals surface area contributed by atoms with E-state index < -0.39 is 0 Å². The quantitative estimate of drug-likeness (QED) is 0.850. The summed E-state index contributed by atoms with van der Waals surface area (Å²) in [7, 11) is 0. The van der Waals surface area contributed by atoms with Crippen molar-refractivity contribution in [2.45, 2.75) is 45.6 Å². The summed E-state index contributed by atoms with van der Waals surface area (Å²) in [6, 6.07) is 7.51. The molecule has 0 aliphatic heterocycles. The molecule has 0 unspecified atom stereocenters. The summed E-state index contributed by atoms with van der Waals surface area (Å²) in [5.74, 6) is 0.398. The van der Waals surface area contributed by atoms with E-state index in [1.54, 1.807) is 12.1 Å². The number of nitrogens with one attached hydrogen (secondary N) is 2. The number of anilines is 1. The number of carbonyl (C=O) groups is 2. The van der Waals surface area contributed by atoms with Crippen molar-refractivity contribution in [3.8, 4) is 0 Å². The SMILES string of the molecule is Cc1cc(C(=O)NC(C)C)ccc1NC(=O)c1sccc1C1CC1. The Morgan fingerprint density at radius 1 is 1.17 bits per heavy atom. The van der Waals surface area contributed by atoms with Crippen LogP contribution in [0.15, 0.2) is 29.6 Å². The number of aryl methyl sites for hydroxylation is 1. The number of amides is 2. The predicted octanol–water partition coefficient (Wildman–Crippen LogP) is 4.32. The van der Waals surface area contributed by atoms with Gasteiger partial charge in [-0.2, -0.15) is 0 Å². The highest BCUT2D eigenvalue weighted by Gasteiger charge is 2.29. The van der Waals surface area contributed by atoms with E-state index in [0.29, 0.717) is 11.5 Å². The summed E-state index contributed by atoms with van der Waals surface area (Å²) >= 11 is 1.49. The van der Waals surface area contributed by atoms with Crippen LogP contribution < -0.4 is 10.6 Å². The Morgan fingerprint density at radius 2 is 1.92 bits per heavy atom. The minimum atomic E-state index is -0.0970. The van der Waals surface area contributed by atoms with Gasteiger partial charge in [-0.05, 0) is 80.3 Å². The van der Waals surface area contributed by atoms with Crippen LogP contribution in [0.5, 0.6) is 0 Å². The molecule has 0 spiro atoms. The number of rotatable bonds is 5. The Bertz CT molecular complexity index is 775. The lowest BCUT2D eigenvalue weighted by Gasteiger charge is -2.12. The number of hydrogen-bond acceptors (Lipinski definition) is 3. The van der Waals surface area contributed by atoms with Gasteiger partial charge in [0.1, 0.15) is 0 Å². The van der Waals surface area contributed by atoms with E-state index in [0.717, 1.165) is 16.1 Å². The largest absolute Gasteiger partial charge is 0.350 e. The van der Waals surface area contributed by atoms with E-state index in [1.165, 1.54) is 29.7 Å². The van der Waals surface area contributed by atoms with Crippen LogP contribution in [0, 0.1) is 6.92 Å². The van der Waals surface area contributed by atoms with Crippen molar-refractivity contribution in [1.29, 1.82) is 0 Å². The van der Waals surface area contributed by atoms with Crippen molar-refractivity contribution in [1.82, 2.24) is 5.32 Å². The fraction of sp³-hybridized carbons (Fsp3) is 0.368. The minimum Gasteiger partial charge on any atom is -0.350 e. The van der Waals surface area contributed by atoms with Crippen LogP contribution in [-0.4, -0.2) is 17.9 Å². The fourth-order valence-electron chi connectivity index (χ4n) is 2.69. The third-order valence-corrected chi connectivity index (χ3v) is 5.00. The second-order valence-corrected chi connectivity index (χ2v) is 7.51. The molecule has 1 aliphatic carbocycles. The molecule has 1 fully saturated rings. The Hall–Kier alpha value is -2.14. The molecule has 1 aliphatic rings. The Labute approximate surface area is 146 Å². The first-order valence-corrected chi connectivity index (χ1v) is 9.14. The Kier molecular flexibility index (Phi) is 4.71. The molecule has 1 saturated carbocycles. The van der Waals surface area contributed by atoms with Crippen molar-refractivity contribution >= 4 is 28.8 Å². The summed E-state index contributed by atoms with van der Waals surface area (Å²) in [6.45, 7) is 5.76. The van der Waals surface area contributed by atoms with Gasteiger partial charge in [0, 0.05) is 17.3 Å². The van der Waals surface area contributed by atoms with Crippen molar-refractivity contribution < 1.29 is 9.59 Å². The summed E-state index contributed by atoms with van der Waals surface area (Å²) < 4.78 is 0. The minimum absolute atomic E-state index is 0.0608. The van der Waals surface area contributed by atoms with E-state index in [4.69, 9.17) is 0 Å². The normalized spacial score (nSPS) is 13.8. The monoisotopic (exact) mass is 342 g/mol. The molecule has 2 amide bonds. The van der Waals surface area contributed by atoms with Gasteiger partial charge >= 0.3 is 0 Å². The van der Waals surface area contributed by atoms with Crippen LogP contribution in [-0.2, 0) is 0 Å². The maximum Gasteiger partial charge on any atom is 0.266 e. The zero-order valence-corrected chi connectivity index (χ0v) is 15.0. The first-order valence-electron chi connectivity index (χ1n) is 8.26. The summed E-state index contributed by atoms with van der Waals surface area (Å²) in [6.07, 6.45) is 2.35. The molecule has 24 heavy (non-hydrogen) atoms. The van der Waals surface area contributed by atoms with Crippen LogP contribution in [0.25, 0.3) is 0 Å². The van der Waals surface area contributed by atoms with E-state index in [9.17, 15) is 9.59 Å². The first kappa shape index (κ1) is 16.7. The van der Waals surface area contributed by atoms with Gasteiger partial charge in [0.05, 0.1) is 4.88 Å². The van der Waals surface area contributed by atoms with Crippen molar-refractivity contribution in [3.63, 3.8) is 0 Å². The van der Waals surface area contributed by atoms with Gasteiger partial charge in [-0.3, -0.25) is 9.59 Å². The average molecular weight is 342 g/mol. The highest BCUT2D eigenvalue weighted by Crippen LogP contribution is 2.43. The van der Waals surface area contributed by atoms with Crippen LogP contribution in [0.1, 0.15) is 63.8 Å². The van der Waals surface area contributed by atoms with Crippen LogP contribution in [0.4, 0.5) is 5.69 Å². The number of benzene rings is 1. The van der Waals surface area contributed by atoms with Gasteiger partial charge in [-0.15, -0.1) is 11.3 Å². The summed E-state index contributed by atoms with van der Waals surface area (Å²) in [5.41, 5.74) is 3.40. The molecule has 1 aromatic carbocycles. The maximum atomic E-state index is 12.6. The van der Waals surface area contributed by atoms with Gasteiger partial charge in [-0.1, -0.05) is 0 Å². The van der Waals surface area contributed by atoms with Gasteiger partial charge < -0.3 is 10.6 Å². The number of hydrogen-bond donors (Lipinski definition) is 2. The Morgan fingerprint density at radius 3 is 2.54 bits per heavy atom. The lowest BCUT2D eigenvalue weighted by atomic mass is 10.1. The van der Waals surface area contributed by atoms with Crippen molar-refractivity contribution in [3.05, 3.63) is 51.2 Å². The molecule has 3 rings (SSSR count). The molecule has 1 aromatic heterocycles. The van der Waals surface area contributed by atoms with E-state index in [-0.39, 0.29) is 17.9 Å². The third-order valence-electron chi connectivity index (χ3n) is 4.08. The molecule has 1 heterocycles. The number of thiophene rings is 1. The smallest absolute Gasteiger partial charge is 0.266 e. The van der Waals surface area contributed by atoms with E-state index >= 15 is 0 Å². The van der Waals surface area contributed by atoms with Gasteiger partial charge in [0.15, 0.2) is 0 Å². The summed E-state index contributed by atoms with van der Waals surface area (Å²) in [4.78, 5) is 25.4. The molecular formula is C19H22N2O2S. The molecular weight excluding hydrogens is 320 g/mol. The van der Waals surface area contributed by atoms with E-state index in [2.05, 4.69) is 16.7 Å². The highest BCUT2D eigenvalue weighted by atomic mass is 32.1. The Balaban J connectivity index is 1.74. The van der Waals surface area contributed by atoms with Crippen LogP contribution >= 0.6 is 11.3 Å². The second kappa shape index (κ2) is 6.77. The first-order chi connectivity index (χ1) is 11.5. The molecule has 2 aromatic rings. The van der Waals surface area contributed by atoms with Crippen molar-refractivity contribution in [2.75, 3.05) is 5.32 Å². The molecule has 126 valence electrons. The zero-order valence-electron chi connectivity index (χ0n) is 14.2. The molecule has 0 saturated heterocycles. The molecule has 2 N–H and O–H groups in total. The van der Waals surface area contributed by atoms with E-state index in [1.807, 2.05) is 32.2 Å². The third kappa shape index (κ3) is 3.67. The topological polar surface area (TPSA) is 58.2 Å². The molecule has 0 atom stereocenters. The maximum absolute atomic E-state index is 12.6. The lowest BCUT2D eigenvalue weighted by Crippen LogP contribution is -2.30. The predicted molar refractivity (Wildman–Crippen MR) is 98.0 cm³/mol. The molecule has 5 heteroatoms. The summed E-state index contributed by atoms with van der Waals surface area (Å²) in [5, 5.41) is 7.83. The number of carbonyl (C=O) groups excluding carboxylic acids is 2. The van der Waals surface area contributed by atoms with Gasteiger partial charge in [0.25, 0.3) is 11.8 Å².